The molecular formula is C11H12N4O3. The van der Waals surface area contributed by atoms with E-state index in [2.05, 4.69) is 4.98 Å². The molecule has 94 valence electrons. The van der Waals surface area contributed by atoms with Crippen LogP contribution in [0.1, 0.15) is 15.9 Å². The first-order valence-electron chi connectivity index (χ1n) is 5.40. The minimum absolute atomic E-state index is 0.0806. The molecule has 7 nitrogen and oxygen atoms in total. The molecule has 0 aromatic carbocycles. The van der Waals surface area contributed by atoms with Gasteiger partial charge < -0.3 is 20.5 Å². The second-order valence-electron chi connectivity index (χ2n) is 3.81. The van der Waals surface area contributed by atoms with Gasteiger partial charge >= 0.3 is 5.97 Å². The summed E-state index contributed by atoms with van der Waals surface area (Å²) < 4.78 is 5.21. The number of anilines is 2. The zero-order valence-corrected chi connectivity index (χ0v) is 9.59. The molecule has 0 aliphatic carbocycles. The number of nitriles is 1. The molecule has 0 radical (unpaired) electrons. The summed E-state index contributed by atoms with van der Waals surface area (Å²) in [5, 5.41) is 18.0. The van der Waals surface area contributed by atoms with Crippen molar-refractivity contribution in [1.82, 2.24) is 4.98 Å². The highest BCUT2D eigenvalue weighted by atomic mass is 16.5. The molecule has 3 N–H and O–H groups in total. The first kappa shape index (κ1) is 12.1. The van der Waals surface area contributed by atoms with Crippen LogP contribution in [0.2, 0.25) is 0 Å². The van der Waals surface area contributed by atoms with Crippen LogP contribution in [0.15, 0.2) is 6.07 Å². The molecule has 0 atom stereocenters. The van der Waals surface area contributed by atoms with Gasteiger partial charge in [0.25, 0.3) is 0 Å². The monoisotopic (exact) mass is 248 g/mol. The lowest BCUT2D eigenvalue weighted by molar-refractivity contribution is 0.0697. The van der Waals surface area contributed by atoms with Crippen LogP contribution in [0, 0.1) is 11.3 Å². The fraction of sp³-hybridized carbons (Fsp3) is 0.364. The number of ether oxygens (including phenoxy) is 1. The Hall–Kier alpha value is -2.33. The van der Waals surface area contributed by atoms with Crippen molar-refractivity contribution in [2.75, 3.05) is 36.9 Å². The maximum atomic E-state index is 10.9. The van der Waals surface area contributed by atoms with Crippen molar-refractivity contribution in [3.05, 3.63) is 17.2 Å². The van der Waals surface area contributed by atoms with Gasteiger partial charge in [-0.05, 0) is 6.07 Å². The maximum Gasteiger partial charge on any atom is 0.339 e. The molecule has 1 aromatic heterocycles. The number of carboxylic acids is 1. The van der Waals surface area contributed by atoms with Gasteiger partial charge in [-0.15, -0.1) is 0 Å². The number of hydrogen-bond donors (Lipinski definition) is 2. The van der Waals surface area contributed by atoms with Gasteiger partial charge in [-0.1, -0.05) is 0 Å². The van der Waals surface area contributed by atoms with E-state index in [-0.39, 0.29) is 16.9 Å². The highest BCUT2D eigenvalue weighted by Crippen LogP contribution is 2.23. The van der Waals surface area contributed by atoms with Crippen molar-refractivity contribution < 1.29 is 14.6 Å². The van der Waals surface area contributed by atoms with Crippen LogP contribution in [0.4, 0.5) is 11.6 Å². The third-order valence-corrected chi connectivity index (χ3v) is 2.69. The van der Waals surface area contributed by atoms with Gasteiger partial charge in [-0.25, -0.2) is 9.78 Å². The Labute approximate surface area is 103 Å². The smallest absolute Gasteiger partial charge is 0.339 e. The zero-order valence-electron chi connectivity index (χ0n) is 9.59. The van der Waals surface area contributed by atoms with Gasteiger partial charge in [0, 0.05) is 13.1 Å². The number of carboxylic acid groups (broad SMARTS) is 1. The molecule has 1 aliphatic heterocycles. The van der Waals surface area contributed by atoms with Gasteiger partial charge in [0.05, 0.1) is 18.8 Å². The Bertz CT molecular complexity index is 518. The molecule has 0 bridgehead atoms. The van der Waals surface area contributed by atoms with E-state index in [9.17, 15) is 4.79 Å². The Morgan fingerprint density at radius 2 is 2.22 bits per heavy atom. The lowest BCUT2D eigenvalue weighted by atomic mass is 10.1. The van der Waals surface area contributed by atoms with Crippen LogP contribution >= 0.6 is 0 Å². The fourth-order valence-corrected chi connectivity index (χ4v) is 1.79. The Balaban J connectivity index is 2.44. The van der Waals surface area contributed by atoms with Crippen molar-refractivity contribution in [2.45, 2.75) is 0 Å². The molecule has 18 heavy (non-hydrogen) atoms. The van der Waals surface area contributed by atoms with E-state index < -0.39 is 5.97 Å². The van der Waals surface area contributed by atoms with E-state index in [4.69, 9.17) is 20.8 Å². The molecule has 0 spiro atoms. The van der Waals surface area contributed by atoms with Gasteiger partial charge in [0.2, 0.25) is 0 Å². The molecule has 0 unspecified atom stereocenters. The Morgan fingerprint density at radius 1 is 1.56 bits per heavy atom. The van der Waals surface area contributed by atoms with Crippen LogP contribution in [0.3, 0.4) is 0 Å². The number of hydrogen-bond acceptors (Lipinski definition) is 6. The number of morpholine rings is 1. The van der Waals surface area contributed by atoms with Crippen molar-refractivity contribution in [1.29, 1.82) is 5.26 Å². The molecule has 2 heterocycles. The second kappa shape index (κ2) is 4.89. The number of pyridine rings is 1. The fourth-order valence-electron chi connectivity index (χ4n) is 1.79. The Kier molecular flexibility index (Phi) is 3.30. The van der Waals surface area contributed by atoms with Crippen molar-refractivity contribution in [2.24, 2.45) is 0 Å². The van der Waals surface area contributed by atoms with E-state index >= 15 is 0 Å². The minimum Gasteiger partial charge on any atom is -0.478 e. The number of nitrogen functional groups attached to an aromatic ring is 1. The van der Waals surface area contributed by atoms with Gasteiger partial charge in [0.15, 0.2) is 0 Å². The summed E-state index contributed by atoms with van der Waals surface area (Å²) in [6.07, 6.45) is 0. The molecule has 0 amide bonds. The van der Waals surface area contributed by atoms with E-state index in [0.717, 1.165) is 0 Å². The average Bonchev–Trinajstić information content (AvgIpc) is 2.39. The standard InChI is InChI=1S/C11H12N4O3/c12-6-7-5-8(11(16)17)9(13)14-10(7)15-1-3-18-4-2-15/h5H,1-4H2,(H2,13,14)(H,16,17). The van der Waals surface area contributed by atoms with Crippen LogP contribution in [0.5, 0.6) is 0 Å². The summed E-state index contributed by atoms with van der Waals surface area (Å²) in [6, 6.07) is 3.21. The summed E-state index contributed by atoms with van der Waals surface area (Å²) in [7, 11) is 0. The maximum absolute atomic E-state index is 10.9. The van der Waals surface area contributed by atoms with E-state index in [1.807, 2.05) is 11.0 Å². The highest BCUT2D eigenvalue weighted by molar-refractivity contribution is 5.93. The number of rotatable bonds is 2. The third-order valence-electron chi connectivity index (χ3n) is 2.69. The SMILES string of the molecule is N#Cc1cc(C(=O)O)c(N)nc1N1CCOCC1. The summed E-state index contributed by atoms with van der Waals surface area (Å²) in [5.74, 6) is -0.851. The molecular weight excluding hydrogens is 236 g/mol. The molecule has 1 aromatic rings. The lowest BCUT2D eigenvalue weighted by Crippen LogP contribution is -2.37. The first-order valence-corrected chi connectivity index (χ1v) is 5.40. The lowest BCUT2D eigenvalue weighted by Gasteiger charge is -2.28. The zero-order chi connectivity index (χ0) is 13.1. The van der Waals surface area contributed by atoms with E-state index in [1.54, 1.807) is 0 Å². The summed E-state index contributed by atoms with van der Waals surface area (Å²) in [4.78, 5) is 16.8. The predicted octanol–water partition coefficient (Wildman–Crippen LogP) is 0.0703. The number of aromatic carboxylic acids is 1. The number of carbonyl (C=O) groups is 1. The van der Waals surface area contributed by atoms with Crippen LogP contribution < -0.4 is 10.6 Å². The van der Waals surface area contributed by atoms with Gasteiger partial charge in [-0.3, -0.25) is 0 Å². The largest absolute Gasteiger partial charge is 0.478 e. The molecule has 1 fully saturated rings. The number of aromatic nitrogens is 1. The molecule has 0 saturated carbocycles. The van der Waals surface area contributed by atoms with Crippen molar-refractivity contribution in [3.8, 4) is 6.07 Å². The summed E-state index contributed by atoms with van der Waals surface area (Å²) in [6.45, 7) is 2.31. The molecule has 7 heteroatoms. The van der Waals surface area contributed by atoms with Crippen molar-refractivity contribution in [3.63, 3.8) is 0 Å². The van der Waals surface area contributed by atoms with Crippen LogP contribution in [-0.4, -0.2) is 42.4 Å². The van der Waals surface area contributed by atoms with Crippen LogP contribution in [-0.2, 0) is 4.74 Å². The molecule has 1 saturated heterocycles. The summed E-state index contributed by atoms with van der Waals surface area (Å²) in [5.41, 5.74) is 5.66. The summed E-state index contributed by atoms with van der Waals surface area (Å²) >= 11 is 0. The average molecular weight is 248 g/mol. The topological polar surface area (TPSA) is 112 Å². The normalized spacial score (nSPS) is 15.2. The third kappa shape index (κ3) is 2.19. The van der Waals surface area contributed by atoms with Crippen LogP contribution in [0.25, 0.3) is 0 Å². The number of nitrogens with two attached hydrogens (primary N) is 1. The van der Waals surface area contributed by atoms with Gasteiger partial charge in [0.1, 0.15) is 23.3 Å². The molecule has 2 rings (SSSR count). The van der Waals surface area contributed by atoms with Crippen molar-refractivity contribution >= 4 is 17.6 Å². The predicted molar refractivity (Wildman–Crippen MR) is 63.4 cm³/mol. The Morgan fingerprint density at radius 3 is 2.78 bits per heavy atom. The quantitative estimate of drug-likeness (QED) is 0.761. The number of nitrogens with zero attached hydrogens (tertiary/aromatic N) is 3. The van der Waals surface area contributed by atoms with E-state index in [1.165, 1.54) is 6.07 Å². The van der Waals surface area contributed by atoms with E-state index in [0.29, 0.717) is 32.1 Å². The molecule has 1 aliphatic rings. The second-order valence-corrected chi connectivity index (χ2v) is 3.81. The first-order chi connectivity index (χ1) is 8.63. The minimum atomic E-state index is -1.19. The van der Waals surface area contributed by atoms with Gasteiger partial charge in [-0.2, -0.15) is 5.26 Å². The highest BCUT2D eigenvalue weighted by Gasteiger charge is 2.20.